The standard InChI is InChI=1S/C11H18N2O3S/c1-13(10-5-3-2-4-6-10)11(14)9-17(15,16)8-7-12/h10H,2-6,8-9H2,1H3. The zero-order chi connectivity index (χ0) is 12.9. The average molecular weight is 258 g/mol. The summed E-state index contributed by atoms with van der Waals surface area (Å²) in [5, 5.41) is 8.35. The Morgan fingerprint density at radius 2 is 1.94 bits per heavy atom. The molecule has 0 unspecified atom stereocenters. The molecule has 0 saturated heterocycles. The van der Waals surface area contributed by atoms with E-state index in [1.807, 2.05) is 0 Å². The van der Waals surface area contributed by atoms with Gasteiger partial charge in [0.2, 0.25) is 5.91 Å². The number of hydrogen-bond acceptors (Lipinski definition) is 4. The molecule has 1 rings (SSSR count). The van der Waals surface area contributed by atoms with Crippen molar-refractivity contribution in [3.63, 3.8) is 0 Å². The summed E-state index contributed by atoms with van der Waals surface area (Å²) in [6, 6.07) is 1.73. The van der Waals surface area contributed by atoms with Crippen LogP contribution < -0.4 is 0 Å². The first-order chi connectivity index (χ1) is 7.96. The smallest absolute Gasteiger partial charge is 0.237 e. The van der Waals surface area contributed by atoms with E-state index in [-0.39, 0.29) is 6.04 Å². The summed E-state index contributed by atoms with van der Waals surface area (Å²) in [4.78, 5) is 13.3. The van der Waals surface area contributed by atoms with Crippen molar-refractivity contribution in [1.82, 2.24) is 4.90 Å². The molecule has 1 aliphatic rings. The van der Waals surface area contributed by atoms with Crippen LogP contribution >= 0.6 is 0 Å². The molecule has 1 amide bonds. The summed E-state index contributed by atoms with van der Waals surface area (Å²) in [5.74, 6) is -1.53. The Labute approximate surface area is 102 Å². The van der Waals surface area contributed by atoms with E-state index in [0.29, 0.717) is 0 Å². The summed E-state index contributed by atoms with van der Waals surface area (Å²) >= 11 is 0. The molecule has 1 saturated carbocycles. The maximum absolute atomic E-state index is 11.8. The molecule has 5 nitrogen and oxygen atoms in total. The van der Waals surface area contributed by atoms with E-state index in [1.165, 1.54) is 11.3 Å². The van der Waals surface area contributed by atoms with Crippen molar-refractivity contribution < 1.29 is 13.2 Å². The van der Waals surface area contributed by atoms with Gasteiger partial charge < -0.3 is 4.90 Å². The second-order valence-corrected chi connectivity index (χ2v) is 6.55. The zero-order valence-electron chi connectivity index (χ0n) is 10.1. The molecule has 0 N–H and O–H groups in total. The lowest BCUT2D eigenvalue weighted by Crippen LogP contribution is -2.41. The van der Waals surface area contributed by atoms with Crippen LogP contribution in [0.5, 0.6) is 0 Å². The molecule has 0 aromatic carbocycles. The van der Waals surface area contributed by atoms with Crippen LogP contribution in [0.3, 0.4) is 0 Å². The van der Waals surface area contributed by atoms with Crippen LogP contribution in [-0.2, 0) is 14.6 Å². The average Bonchev–Trinajstić information content (AvgIpc) is 2.28. The summed E-state index contributed by atoms with van der Waals surface area (Å²) < 4.78 is 22.7. The fourth-order valence-electron chi connectivity index (χ4n) is 2.11. The van der Waals surface area contributed by atoms with E-state index >= 15 is 0 Å². The van der Waals surface area contributed by atoms with E-state index in [9.17, 15) is 13.2 Å². The molecule has 0 spiro atoms. The summed E-state index contributed by atoms with van der Waals surface area (Å²) in [5.41, 5.74) is 0. The highest BCUT2D eigenvalue weighted by Gasteiger charge is 2.25. The highest BCUT2D eigenvalue weighted by molar-refractivity contribution is 7.92. The van der Waals surface area contributed by atoms with Gasteiger partial charge in [-0.05, 0) is 12.8 Å². The monoisotopic (exact) mass is 258 g/mol. The molecule has 0 aliphatic heterocycles. The largest absolute Gasteiger partial charge is 0.342 e. The molecule has 17 heavy (non-hydrogen) atoms. The third-order valence-corrected chi connectivity index (χ3v) is 4.40. The SMILES string of the molecule is CN(C(=O)CS(=O)(=O)CC#N)C1CCCCC1. The maximum atomic E-state index is 11.8. The Morgan fingerprint density at radius 3 is 2.47 bits per heavy atom. The predicted octanol–water partition coefficient (Wildman–Crippen LogP) is 0.716. The predicted molar refractivity (Wildman–Crippen MR) is 63.9 cm³/mol. The molecule has 0 heterocycles. The van der Waals surface area contributed by atoms with Gasteiger partial charge in [-0.2, -0.15) is 5.26 Å². The fourth-order valence-corrected chi connectivity index (χ4v) is 2.99. The lowest BCUT2D eigenvalue weighted by Gasteiger charge is -2.31. The number of carbonyl (C=O) groups excluding carboxylic acids is 1. The molecular weight excluding hydrogens is 240 g/mol. The highest BCUT2D eigenvalue weighted by Crippen LogP contribution is 2.21. The van der Waals surface area contributed by atoms with Crippen LogP contribution in [0.1, 0.15) is 32.1 Å². The third kappa shape index (κ3) is 4.35. The fraction of sp³-hybridized carbons (Fsp3) is 0.818. The van der Waals surface area contributed by atoms with Gasteiger partial charge in [-0.1, -0.05) is 19.3 Å². The first kappa shape index (κ1) is 14.0. The second-order valence-electron chi connectivity index (χ2n) is 4.49. The van der Waals surface area contributed by atoms with Gasteiger partial charge in [0.25, 0.3) is 0 Å². The minimum Gasteiger partial charge on any atom is -0.342 e. The van der Waals surface area contributed by atoms with Crippen molar-refractivity contribution in [2.75, 3.05) is 18.6 Å². The molecule has 0 aromatic rings. The van der Waals surface area contributed by atoms with E-state index in [2.05, 4.69) is 0 Å². The maximum Gasteiger partial charge on any atom is 0.237 e. The minimum atomic E-state index is -3.57. The van der Waals surface area contributed by atoms with Crippen LogP contribution in [0.2, 0.25) is 0 Å². The molecular formula is C11H18N2O3S. The van der Waals surface area contributed by atoms with Gasteiger partial charge in [0, 0.05) is 13.1 Å². The molecule has 1 fully saturated rings. The lowest BCUT2D eigenvalue weighted by atomic mass is 9.94. The molecule has 0 bridgehead atoms. The van der Waals surface area contributed by atoms with E-state index in [4.69, 9.17) is 5.26 Å². The van der Waals surface area contributed by atoms with Gasteiger partial charge in [-0.25, -0.2) is 8.42 Å². The molecule has 0 atom stereocenters. The zero-order valence-corrected chi connectivity index (χ0v) is 10.9. The van der Waals surface area contributed by atoms with Gasteiger partial charge in [0.1, 0.15) is 11.5 Å². The van der Waals surface area contributed by atoms with E-state index < -0.39 is 27.3 Å². The first-order valence-corrected chi connectivity index (χ1v) is 7.61. The molecule has 0 aromatic heterocycles. The highest BCUT2D eigenvalue weighted by atomic mass is 32.2. The van der Waals surface area contributed by atoms with Crippen molar-refractivity contribution in [3.05, 3.63) is 0 Å². The van der Waals surface area contributed by atoms with Crippen molar-refractivity contribution in [3.8, 4) is 6.07 Å². The Kier molecular flexibility index (Phi) is 4.94. The number of nitrogens with zero attached hydrogens (tertiary/aromatic N) is 2. The van der Waals surface area contributed by atoms with Crippen molar-refractivity contribution in [1.29, 1.82) is 5.26 Å². The molecule has 0 radical (unpaired) electrons. The van der Waals surface area contributed by atoms with Gasteiger partial charge in [-0.15, -0.1) is 0 Å². The molecule has 6 heteroatoms. The van der Waals surface area contributed by atoms with E-state index in [1.54, 1.807) is 13.1 Å². The summed E-state index contributed by atoms with van der Waals surface area (Å²) in [7, 11) is -1.91. The van der Waals surface area contributed by atoms with Gasteiger partial charge >= 0.3 is 0 Å². The number of amides is 1. The number of carbonyl (C=O) groups is 1. The number of sulfone groups is 1. The van der Waals surface area contributed by atoms with E-state index in [0.717, 1.165) is 25.7 Å². The Bertz CT molecular complexity index is 405. The molecule has 96 valence electrons. The quantitative estimate of drug-likeness (QED) is 0.744. The summed E-state index contributed by atoms with van der Waals surface area (Å²) in [6.45, 7) is 0. The van der Waals surface area contributed by atoms with Gasteiger partial charge in [0.05, 0.1) is 6.07 Å². The second kappa shape index (κ2) is 6.01. The normalized spacial score (nSPS) is 17.4. The van der Waals surface area contributed by atoms with Crippen LogP contribution in [0.4, 0.5) is 0 Å². The van der Waals surface area contributed by atoms with Crippen LogP contribution in [0.25, 0.3) is 0 Å². The number of rotatable bonds is 4. The van der Waals surface area contributed by atoms with Crippen LogP contribution in [0.15, 0.2) is 0 Å². The number of hydrogen-bond donors (Lipinski definition) is 0. The van der Waals surface area contributed by atoms with Gasteiger partial charge in [-0.3, -0.25) is 4.79 Å². The Morgan fingerprint density at radius 1 is 1.35 bits per heavy atom. The van der Waals surface area contributed by atoms with Crippen molar-refractivity contribution in [2.24, 2.45) is 0 Å². The first-order valence-electron chi connectivity index (χ1n) is 5.79. The van der Waals surface area contributed by atoms with Crippen molar-refractivity contribution in [2.45, 2.75) is 38.1 Å². The molecule has 1 aliphatic carbocycles. The Hall–Kier alpha value is -1.09. The van der Waals surface area contributed by atoms with Crippen LogP contribution in [0, 0.1) is 11.3 Å². The summed E-state index contributed by atoms with van der Waals surface area (Å²) in [6.07, 6.45) is 5.26. The third-order valence-electron chi connectivity index (χ3n) is 3.14. The Balaban J connectivity index is 2.55. The number of nitriles is 1. The van der Waals surface area contributed by atoms with Gasteiger partial charge in [0.15, 0.2) is 9.84 Å². The minimum absolute atomic E-state index is 0.161. The lowest BCUT2D eigenvalue weighted by molar-refractivity contribution is -0.129. The van der Waals surface area contributed by atoms with Crippen LogP contribution in [-0.4, -0.2) is 43.8 Å². The van der Waals surface area contributed by atoms with Crippen molar-refractivity contribution >= 4 is 15.7 Å². The topological polar surface area (TPSA) is 78.2 Å².